The van der Waals surface area contributed by atoms with E-state index < -0.39 is 0 Å². The van der Waals surface area contributed by atoms with E-state index in [2.05, 4.69) is 12.2 Å². The minimum Gasteiger partial charge on any atom is -0.482 e. The molecule has 4 nitrogen and oxygen atoms in total. The normalized spacial score (nSPS) is 35.4. The first-order chi connectivity index (χ1) is 12.5. The molecule has 1 N–H and O–H groups in total. The number of fused-ring (bicyclic) bond motifs is 1. The first-order valence-corrected chi connectivity index (χ1v) is 10.7. The molecule has 0 aromatic heterocycles. The van der Waals surface area contributed by atoms with Crippen LogP contribution in [-0.2, 0) is 4.79 Å². The Bertz CT molecular complexity index is 739. The molecule has 138 valence electrons. The monoisotopic (exact) mass is 371 g/mol. The number of hydrogen-bond acceptors (Lipinski definition) is 4. The number of thioether (sulfide) groups is 1. The van der Waals surface area contributed by atoms with Crippen molar-refractivity contribution >= 4 is 29.1 Å². The Morgan fingerprint density at radius 2 is 1.85 bits per heavy atom. The molecule has 1 atom stereocenters. The molecule has 1 amide bonds. The van der Waals surface area contributed by atoms with Crippen LogP contribution in [0.3, 0.4) is 0 Å². The highest BCUT2D eigenvalue weighted by Gasteiger charge is 2.52. The summed E-state index contributed by atoms with van der Waals surface area (Å²) in [7, 11) is 0. The van der Waals surface area contributed by atoms with Crippen LogP contribution in [0.15, 0.2) is 18.2 Å². The first kappa shape index (κ1) is 16.7. The third-order valence-electron chi connectivity index (χ3n) is 6.67. The van der Waals surface area contributed by atoms with Gasteiger partial charge in [0.05, 0.1) is 10.9 Å². The molecule has 0 unspecified atom stereocenters. The van der Waals surface area contributed by atoms with Crippen molar-refractivity contribution in [3.63, 3.8) is 0 Å². The zero-order chi connectivity index (χ0) is 17.9. The summed E-state index contributed by atoms with van der Waals surface area (Å²) >= 11 is 1.93. The fourth-order valence-corrected chi connectivity index (χ4v) is 8.06. The number of carbonyl (C=O) groups is 2. The van der Waals surface area contributed by atoms with E-state index in [4.69, 9.17) is 4.74 Å². The fraction of sp³-hybridized carbons (Fsp3) is 0.619. The van der Waals surface area contributed by atoms with E-state index in [1.807, 2.05) is 17.8 Å². The van der Waals surface area contributed by atoms with Crippen molar-refractivity contribution in [1.82, 2.24) is 0 Å². The maximum atomic E-state index is 13.1. The molecule has 1 heterocycles. The predicted octanol–water partition coefficient (Wildman–Crippen LogP) is 4.29. The molecule has 4 fully saturated rings. The molecule has 1 aromatic rings. The van der Waals surface area contributed by atoms with Crippen LogP contribution in [-0.4, -0.2) is 28.3 Å². The van der Waals surface area contributed by atoms with Gasteiger partial charge in [-0.05, 0) is 81.4 Å². The second kappa shape index (κ2) is 6.01. The number of carbonyl (C=O) groups excluding carboxylic acids is 2. The molecule has 5 heteroatoms. The van der Waals surface area contributed by atoms with Gasteiger partial charge in [-0.2, -0.15) is 0 Å². The summed E-state index contributed by atoms with van der Waals surface area (Å²) < 4.78 is 5.72. The Hall–Kier alpha value is -1.49. The smallest absolute Gasteiger partial charge is 0.262 e. The van der Waals surface area contributed by atoms with Crippen LogP contribution in [0.25, 0.3) is 0 Å². The third-order valence-corrected chi connectivity index (χ3v) is 8.24. The molecule has 0 radical (unpaired) electrons. The lowest BCUT2D eigenvalue weighted by atomic mass is 9.56. The minimum absolute atomic E-state index is 0.0402. The van der Waals surface area contributed by atoms with Crippen molar-refractivity contribution in [2.75, 3.05) is 11.9 Å². The largest absolute Gasteiger partial charge is 0.482 e. The van der Waals surface area contributed by atoms with Gasteiger partial charge in [-0.3, -0.25) is 9.59 Å². The summed E-state index contributed by atoms with van der Waals surface area (Å²) in [5.41, 5.74) is 1.28. The van der Waals surface area contributed by atoms with Crippen LogP contribution in [0.4, 0.5) is 5.69 Å². The van der Waals surface area contributed by atoms with Gasteiger partial charge in [0.25, 0.3) is 5.91 Å². The topological polar surface area (TPSA) is 55.4 Å². The van der Waals surface area contributed by atoms with Crippen molar-refractivity contribution in [2.45, 2.75) is 55.4 Å². The van der Waals surface area contributed by atoms with Crippen molar-refractivity contribution < 1.29 is 14.3 Å². The second-order valence-corrected chi connectivity index (χ2v) is 10.6. The lowest BCUT2D eigenvalue weighted by molar-refractivity contribution is -0.118. The second-order valence-electron chi connectivity index (χ2n) is 8.77. The Balaban J connectivity index is 1.33. The molecule has 0 spiro atoms. The summed E-state index contributed by atoms with van der Waals surface area (Å²) in [5, 5.41) is 2.75. The quantitative estimate of drug-likeness (QED) is 0.802. The third kappa shape index (κ3) is 2.84. The molecule has 4 bridgehead atoms. The number of amides is 1. The van der Waals surface area contributed by atoms with E-state index in [0.717, 1.165) is 17.8 Å². The number of ether oxygens (including phenoxy) is 1. The fourth-order valence-electron chi connectivity index (χ4n) is 6.08. The van der Waals surface area contributed by atoms with Crippen LogP contribution >= 0.6 is 11.8 Å². The van der Waals surface area contributed by atoms with Gasteiger partial charge in [-0.1, -0.05) is 0 Å². The highest BCUT2D eigenvalue weighted by atomic mass is 32.2. The number of Topliss-reactive ketones (excluding diaryl/α,β-unsaturated/α-hetero) is 1. The van der Waals surface area contributed by atoms with E-state index >= 15 is 0 Å². The van der Waals surface area contributed by atoms with Crippen molar-refractivity contribution in [3.05, 3.63) is 23.8 Å². The van der Waals surface area contributed by atoms with Gasteiger partial charge >= 0.3 is 0 Å². The molecular weight excluding hydrogens is 346 g/mol. The van der Waals surface area contributed by atoms with E-state index in [0.29, 0.717) is 21.7 Å². The average molecular weight is 372 g/mol. The van der Waals surface area contributed by atoms with Crippen molar-refractivity contribution in [2.24, 2.45) is 17.8 Å². The van der Waals surface area contributed by atoms with Crippen molar-refractivity contribution in [1.29, 1.82) is 0 Å². The summed E-state index contributed by atoms with van der Waals surface area (Å²) in [6, 6.07) is 5.39. The maximum Gasteiger partial charge on any atom is 0.262 e. The van der Waals surface area contributed by atoms with Gasteiger partial charge in [0.1, 0.15) is 5.75 Å². The Labute approximate surface area is 158 Å². The minimum atomic E-state index is -0.168. The van der Waals surface area contributed by atoms with Gasteiger partial charge in [-0.15, -0.1) is 11.8 Å². The van der Waals surface area contributed by atoms with E-state index in [9.17, 15) is 9.59 Å². The van der Waals surface area contributed by atoms with Gasteiger partial charge in [0.2, 0.25) is 0 Å². The van der Waals surface area contributed by atoms with E-state index in [1.54, 1.807) is 12.1 Å². The summed E-state index contributed by atoms with van der Waals surface area (Å²) in [6.07, 6.45) is 8.17. The Morgan fingerprint density at radius 1 is 1.19 bits per heavy atom. The number of benzene rings is 1. The van der Waals surface area contributed by atoms with Crippen molar-refractivity contribution in [3.8, 4) is 5.75 Å². The Morgan fingerprint density at radius 3 is 2.50 bits per heavy atom. The number of nitrogens with one attached hydrogen (secondary N) is 1. The number of ketones is 1. The molecule has 0 saturated heterocycles. The molecular formula is C21H25NO3S. The molecule has 6 rings (SSSR count). The SMILES string of the molecule is C[C@@H](SC12CC3CC(CC(C3)C1)C2)C(=O)c1ccc2c(c1)NC(=O)CO2. The molecule has 4 saturated carbocycles. The molecule has 1 aromatic carbocycles. The zero-order valence-electron chi connectivity index (χ0n) is 15.1. The van der Waals surface area contributed by atoms with E-state index in [1.165, 1.54) is 38.5 Å². The summed E-state index contributed by atoms with van der Waals surface area (Å²) in [4.78, 5) is 24.6. The highest BCUT2D eigenvalue weighted by Crippen LogP contribution is 2.61. The lowest BCUT2D eigenvalue weighted by Crippen LogP contribution is -2.49. The average Bonchev–Trinajstić information content (AvgIpc) is 2.58. The zero-order valence-corrected chi connectivity index (χ0v) is 15.9. The Kier molecular flexibility index (Phi) is 3.85. The van der Waals surface area contributed by atoms with Crippen LogP contribution in [0.5, 0.6) is 5.75 Å². The number of rotatable bonds is 4. The maximum absolute atomic E-state index is 13.1. The predicted molar refractivity (Wildman–Crippen MR) is 103 cm³/mol. The molecule has 1 aliphatic heterocycles. The van der Waals surface area contributed by atoms with Gasteiger partial charge < -0.3 is 10.1 Å². The molecule has 26 heavy (non-hydrogen) atoms. The summed E-state index contributed by atoms with van der Waals surface area (Å²) in [6.45, 7) is 2.10. The number of anilines is 1. The molecule has 4 aliphatic carbocycles. The lowest BCUT2D eigenvalue weighted by Gasteiger charge is -2.57. The van der Waals surface area contributed by atoms with E-state index in [-0.39, 0.29) is 23.5 Å². The van der Waals surface area contributed by atoms with Gasteiger partial charge in [-0.25, -0.2) is 0 Å². The number of hydrogen-bond donors (Lipinski definition) is 1. The van der Waals surface area contributed by atoms with Crippen LogP contribution < -0.4 is 10.1 Å². The van der Waals surface area contributed by atoms with Crippen LogP contribution in [0.1, 0.15) is 55.8 Å². The van der Waals surface area contributed by atoms with Gasteiger partial charge in [0.15, 0.2) is 12.4 Å². The summed E-state index contributed by atoms with van der Waals surface area (Å²) in [5.74, 6) is 3.32. The molecule has 5 aliphatic rings. The van der Waals surface area contributed by atoms with Crippen LogP contribution in [0, 0.1) is 17.8 Å². The van der Waals surface area contributed by atoms with Crippen LogP contribution in [0.2, 0.25) is 0 Å². The standard InChI is InChI=1S/C21H25NO3S/c1-12(26-21-8-13-4-14(9-21)6-15(5-13)10-21)20(24)16-2-3-18-17(7-16)22-19(23)11-25-18/h2-3,7,12-15H,4-6,8-11H2,1H3,(H,22,23)/t12-,13?,14?,15?,21?/m1/s1. The first-order valence-electron chi connectivity index (χ1n) is 9.78. The van der Waals surface area contributed by atoms with Gasteiger partial charge in [0, 0.05) is 10.3 Å². The highest BCUT2D eigenvalue weighted by molar-refractivity contribution is 8.02.